The van der Waals surface area contributed by atoms with Crippen molar-refractivity contribution in [3.05, 3.63) is 39.8 Å². The van der Waals surface area contributed by atoms with E-state index in [1.54, 1.807) is 24.3 Å². The lowest BCUT2D eigenvalue weighted by atomic mass is 10.0. The van der Waals surface area contributed by atoms with Gasteiger partial charge >= 0.3 is 5.97 Å². The van der Waals surface area contributed by atoms with Gasteiger partial charge in [-0.05, 0) is 30.0 Å². The molecule has 1 aromatic rings. The van der Waals surface area contributed by atoms with Crippen LogP contribution in [0.5, 0.6) is 0 Å². The van der Waals surface area contributed by atoms with E-state index in [-0.39, 0.29) is 16.1 Å². The molecule has 1 heterocycles. The predicted octanol–water partition coefficient (Wildman–Crippen LogP) is 4.04. The molecule has 0 aliphatic carbocycles. The summed E-state index contributed by atoms with van der Waals surface area (Å²) in [6.07, 6.45) is 2.00. The van der Waals surface area contributed by atoms with Crippen LogP contribution in [-0.2, 0) is 9.59 Å². The van der Waals surface area contributed by atoms with Crippen molar-refractivity contribution in [2.24, 2.45) is 5.92 Å². The number of benzene rings is 1. The number of carboxylic acids is 1. The van der Waals surface area contributed by atoms with E-state index in [1.807, 2.05) is 19.9 Å². The lowest BCUT2D eigenvalue weighted by molar-refractivity contribution is -0.145. The van der Waals surface area contributed by atoms with E-state index in [0.29, 0.717) is 21.9 Å². The summed E-state index contributed by atoms with van der Waals surface area (Å²) in [5.41, 5.74) is 0.699. The molecule has 0 saturated carbocycles. The van der Waals surface area contributed by atoms with Gasteiger partial charge in [-0.15, -0.1) is 0 Å². The van der Waals surface area contributed by atoms with Gasteiger partial charge in [0.1, 0.15) is 10.4 Å². The fourth-order valence-corrected chi connectivity index (χ4v) is 3.78. The third-order valence-corrected chi connectivity index (χ3v) is 4.98. The first-order chi connectivity index (χ1) is 10.8. The summed E-state index contributed by atoms with van der Waals surface area (Å²) < 4.78 is 0.265. The van der Waals surface area contributed by atoms with Crippen molar-refractivity contribution < 1.29 is 14.7 Å². The Kier molecular flexibility index (Phi) is 5.84. The van der Waals surface area contributed by atoms with E-state index in [2.05, 4.69) is 0 Å². The number of carbonyl (C=O) groups excluding carboxylic acids is 1. The first-order valence-electron chi connectivity index (χ1n) is 7.05. The SMILES string of the molecule is CC(C)CC(C(=O)O)N1C(=O)/C(=C/c2ccccc2Cl)SC1=S. The van der Waals surface area contributed by atoms with Gasteiger partial charge in [-0.2, -0.15) is 0 Å². The van der Waals surface area contributed by atoms with Crippen LogP contribution in [0.15, 0.2) is 29.2 Å². The quantitative estimate of drug-likeness (QED) is 0.627. The highest BCUT2D eigenvalue weighted by Gasteiger charge is 2.40. The summed E-state index contributed by atoms with van der Waals surface area (Å²) in [6, 6.07) is 6.19. The Labute approximate surface area is 149 Å². The van der Waals surface area contributed by atoms with Crippen LogP contribution in [0.3, 0.4) is 0 Å². The normalized spacial score (nSPS) is 18.1. The van der Waals surface area contributed by atoms with E-state index < -0.39 is 12.0 Å². The molecule has 23 heavy (non-hydrogen) atoms. The van der Waals surface area contributed by atoms with Crippen LogP contribution >= 0.6 is 35.6 Å². The zero-order valence-electron chi connectivity index (χ0n) is 12.7. The Morgan fingerprint density at radius 2 is 2.09 bits per heavy atom. The summed E-state index contributed by atoms with van der Waals surface area (Å²) in [4.78, 5) is 25.7. The summed E-state index contributed by atoms with van der Waals surface area (Å²) in [6.45, 7) is 3.82. The van der Waals surface area contributed by atoms with Crippen molar-refractivity contribution in [1.29, 1.82) is 0 Å². The second-order valence-electron chi connectivity index (χ2n) is 5.56. The molecule has 1 saturated heterocycles. The predicted molar refractivity (Wildman–Crippen MR) is 97.3 cm³/mol. The average Bonchev–Trinajstić information content (AvgIpc) is 2.73. The van der Waals surface area contributed by atoms with Crippen molar-refractivity contribution in [2.75, 3.05) is 0 Å². The third-order valence-electron chi connectivity index (χ3n) is 3.31. The largest absolute Gasteiger partial charge is 0.480 e. The Hall–Kier alpha value is -1.37. The van der Waals surface area contributed by atoms with Crippen molar-refractivity contribution >= 4 is 57.9 Å². The molecule has 122 valence electrons. The number of amides is 1. The van der Waals surface area contributed by atoms with Crippen LogP contribution in [0, 0.1) is 5.92 Å². The molecule has 7 heteroatoms. The number of carboxylic acid groups (broad SMARTS) is 1. The maximum atomic E-state index is 12.6. The minimum Gasteiger partial charge on any atom is -0.480 e. The molecule has 2 rings (SSSR count). The number of thiocarbonyl (C=S) groups is 1. The van der Waals surface area contributed by atoms with E-state index >= 15 is 0 Å². The summed E-state index contributed by atoms with van der Waals surface area (Å²) >= 11 is 12.4. The zero-order chi connectivity index (χ0) is 17.1. The van der Waals surface area contributed by atoms with Crippen LogP contribution < -0.4 is 0 Å². The topological polar surface area (TPSA) is 57.6 Å². The number of hydrogen-bond acceptors (Lipinski definition) is 4. The molecular formula is C16H16ClNO3S2. The number of hydrogen-bond donors (Lipinski definition) is 1. The van der Waals surface area contributed by atoms with E-state index in [1.165, 1.54) is 4.90 Å². The average molecular weight is 370 g/mol. The van der Waals surface area contributed by atoms with Crippen LogP contribution in [0.2, 0.25) is 5.02 Å². The highest BCUT2D eigenvalue weighted by molar-refractivity contribution is 8.26. The maximum absolute atomic E-state index is 12.6. The minimum atomic E-state index is -1.05. The zero-order valence-corrected chi connectivity index (χ0v) is 15.0. The molecule has 1 fully saturated rings. The summed E-state index contributed by atoms with van der Waals surface area (Å²) in [5.74, 6) is -1.30. The molecule has 0 radical (unpaired) electrons. The molecular weight excluding hydrogens is 354 g/mol. The lowest BCUT2D eigenvalue weighted by Gasteiger charge is -2.24. The monoisotopic (exact) mass is 369 g/mol. The Morgan fingerprint density at radius 1 is 1.43 bits per heavy atom. The fourth-order valence-electron chi connectivity index (χ4n) is 2.25. The van der Waals surface area contributed by atoms with Crippen LogP contribution in [0.25, 0.3) is 6.08 Å². The standard InChI is InChI=1S/C16H16ClNO3S2/c1-9(2)7-12(15(20)21)18-14(19)13(23-16(18)22)8-10-5-3-4-6-11(10)17/h3-6,8-9,12H,7H2,1-2H3,(H,20,21)/b13-8-. The lowest BCUT2D eigenvalue weighted by Crippen LogP contribution is -2.44. The summed E-state index contributed by atoms with van der Waals surface area (Å²) in [5, 5.41) is 9.96. The molecule has 0 bridgehead atoms. The van der Waals surface area contributed by atoms with Crippen LogP contribution in [-0.4, -0.2) is 32.2 Å². The van der Waals surface area contributed by atoms with E-state index in [9.17, 15) is 14.7 Å². The van der Waals surface area contributed by atoms with Gasteiger partial charge in [-0.3, -0.25) is 9.69 Å². The Morgan fingerprint density at radius 3 is 2.65 bits per heavy atom. The van der Waals surface area contributed by atoms with Crippen LogP contribution in [0.4, 0.5) is 0 Å². The first-order valence-corrected chi connectivity index (χ1v) is 8.66. The molecule has 1 amide bonds. The van der Waals surface area contributed by atoms with Gasteiger partial charge in [0.25, 0.3) is 5.91 Å². The highest BCUT2D eigenvalue weighted by atomic mass is 35.5. The van der Waals surface area contributed by atoms with Crippen molar-refractivity contribution in [2.45, 2.75) is 26.3 Å². The second kappa shape index (κ2) is 7.47. The number of rotatable bonds is 5. The number of halogens is 1. The molecule has 1 N–H and O–H groups in total. The van der Waals surface area contributed by atoms with Gasteiger partial charge in [-0.25, -0.2) is 4.79 Å². The third kappa shape index (κ3) is 4.13. The Balaban J connectivity index is 2.32. The van der Waals surface area contributed by atoms with Crippen molar-refractivity contribution in [3.8, 4) is 0 Å². The molecule has 1 unspecified atom stereocenters. The first kappa shape index (κ1) is 18.0. The summed E-state index contributed by atoms with van der Waals surface area (Å²) in [7, 11) is 0. The number of thioether (sulfide) groups is 1. The minimum absolute atomic E-state index is 0.133. The van der Waals surface area contributed by atoms with E-state index in [0.717, 1.165) is 11.8 Å². The van der Waals surface area contributed by atoms with Gasteiger partial charge < -0.3 is 5.11 Å². The maximum Gasteiger partial charge on any atom is 0.326 e. The van der Waals surface area contributed by atoms with Gasteiger partial charge in [0.05, 0.1) is 4.91 Å². The molecule has 1 atom stereocenters. The van der Waals surface area contributed by atoms with Gasteiger partial charge in [0.15, 0.2) is 0 Å². The molecule has 1 aromatic carbocycles. The molecule has 4 nitrogen and oxygen atoms in total. The molecule has 1 aliphatic heterocycles. The molecule has 0 spiro atoms. The Bertz CT molecular complexity index is 688. The smallest absolute Gasteiger partial charge is 0.326 e. The fraction of sp³-hybridized carbons (Fsp3) is 0.312. The number of aliphatic carboxylic acids is 1. The van der Waals surface area contributed by atoms with E-state index in [4.69, 9.17) is 23.8 Å². The van der Waals surface area contributed by atoms with Gasteiger partial charge in [-0.1, -0.05) is 67.6 Å². The molecule has 0 aromatic heterocycles. The highest BCUT2D eigenvalue weighted by Crippen LogP contribution is 2.36. The van der Waals surface area contributed by atoms with Gasteiger partial charge in [0, 0.05) is 5.02 Å². The van der Waals surface area contributed by atoms with Crippen molar-refractivity contribution in [3.63, 3.8) is 0 Å². The van der Waals surface area contributed by atoms with Crippen LogP contribution in [0.1, 0.15) is 25.8 Å². The number of nitrogens with zero attached hydrogens (tertiary/aromatic N) is 1. The molecule has 1 aliphatic rings. The number of carbonyl (C=O) groups is 2. The van der Waals surface area contributed by atoms with Crippen molar-refractivity contribution in [1.82, 2.24) is 4.90 Å². The second-order valence-corrected chi connectivity index (χ2v) is 7.64. The van der Waals surface area contributed by atoms with Gasteiger partial charge in [0.2, 0.25) is 0 Å².